The number of aliphatic carboxylic acids is 2. The van der Waals surface area contributed by atoms with Gasteiger partial charge in [-0.25, -0.2) is 19.4 Å². The van der Waals surface area contributed by atoms with E-state index >= 15 is 0 Å². The van der Waals surface area contributed by atoms with E-state index in [-0.39, 0.29) is 103 Å². The Labute approximate surface area is 162 Å². The maximum absolute atomic E-state index is 9.90. The van der Waals surface area contributed by atoms with Crippen molar-refractivity contribution in [3.63, 3.8) is 0 Å². The monoisotopic (exact) mass is 254 g/mol. The third-order valence-corrected chi connectivity index (χ3v) is 0.526. The minimum Gasteiger partial charge on any atom is -0.539 e. The molecular formula is C4K2O8. The van der Waals surface area contributed by atoms with E-state index in [0.29, 0.717) is 0 Å². The molecule has 0 unspecified atom stereocenters. The van der Waals surface area contributed by atoms with Crippen molar-refractivity contribution < 1.29 is 142 Å². The molecule has 0 radical (unpaired) electrons. The normalized spacial score (nSPS) is 7.14. The predicted molar refractivity (Wildman–Crippen MR) is 22.2 cm³/mol. The molecule has 0 aliphatic heterocycles. The minimum absolute atomic E-state index is 0. The number of carboxylic acids is 2. The zero-order chi connectivity index (χ0) is 9.72. The molecule has 0 aliphatic carbocycles. The van der Waals surface area contributed by atoms with Crippen molar-refractivity contribution >= 4 is 23.9 Å². The molecule has 8 nitrogen and oxygen atoms in total. The number of carbonyl (C=O) groups excluding carboxylic acids is 4. The Morgan fingerprint density at radius 2 is 0.929 bits per heavy atom. The zero-order valence-electron chi connectivity index (χ0n) is 7.27. The zero-order valence-corrected chi connectivity index (χ0v) is 13.5. The average molecular weight is 254 g/mol. The molecule has 0 spiro atoms. The van der Waals surface area contributed by atoms with Gasteiger partial charge in [0.15, 0.2) is 11.9 Å². The molecule has 0 bridgehead atoms. The summed E-state index contributed by atoms with van der Waals surface area (Å²) in [4.78, 5) is 45.2. The first-order valence-corrected chi connectivity index (χ1v) is 2.30. The smallest absolute Gasteiger partial charge is 0.539 e. The molecule has 0 saturated heterocycles. The van der Waals surface area contributed by atoms with Crippen LogP contribution in [0.2, 0.25) is 0 Å². The van der Waals surface area contributed by atoms with Crippen LogP contribution in [-0.4, -0.2) is 23.9 Å². The Bertz CT molecular complexity index is 222. The number of hydrogen-bond acceptors (Lipinski definition) is 8. The number of carboxylic acid groups (broad SMARTS) is 2. The van der Waals surface area contributed by atoms with Gasteiger partial charge in [-0.1, -0.05) is 0 Å². The van der Waals surface area contributed by atoms with Crippen LogP contribution in [0, 0.1) is 0 Å². The molecule has 66 valence electrons. The van der Waals surface area contributed by atoms with Gasteiger partial charge in [0.2, 0.25) is 0 Å². The molecule has 10 heteroatoms. The summed E-state index contributed by atoms with van der Waals surface area (Å²) in [5.74, 6) is -8.60. The molecular weight excluding hydrogens is 254 g/mol. The van der Waals surface area contributed by atoms with Crippen molar-refractivity contribution in [3.05, 3.63) is 0 Å². The summed E-state index contributed by atoms with van der Waals surface area (Å²) in [6.07, 6.45) is 0. The predicted octanol–water partition coefficient (Wildman–Crippen LogP) is -10.5. The topological polar surface area (TPSA) is 133 Å². The molecule has 0 aromatic carbocycles. The maximum Gasteiger partial charge on any atom is 1.00 e. The van der Waals surface area contributed by atoms with Crippen molar-refractivity contribution in [2.24, 2.45) is 0 Å². The van der Waals surface area contributed by atoms with E-state index in [1.807, 2.05) is 0 Å². The minimum atomic E-state index is -2.28. The summed E-state index contributed by atoms with van der Waals surface area (Å²) >= 11 is 0. The molecule has 0 rings (SSSR count). The Morgan fingerprint density at radius 1 is 0.714 bits per heavy atom. The van der Waals surface area contributed by atoms with E-state index in [2.05, 4.69) is 9.78 Å². The first kappa shape index (κ1) is 20.6. The Morgan fingerprint density at radius 3 is 1.07 bits per heavy atom. The molecule has 0 aromatic heterocycles. The van der Waals surface area contributed by atoms with E-state index in [1.165, 1.54) is 0 Å². The van der Waals surface area contributed by atoms with Crippen LogP contribution in [-0.2, 0) is 29.0 Å². The van der Waals surface area contributed by atoms with Gasteiger partial charge >= 0.3 is 115 Å². The number of hydrogen-bond donors (Lipinski definition) is 0. The van der Waals surface area contributed by atoms with Crippen LogP contribution in [0.25, 0.3) is 0 Å². The quantitative estimate of drug-likeness (QED) is 0.180. The number of carbonyl (C=O) groups is 4. The first-order valence-electron chi connectivity index (χ1n) is 2.30. The molecule has 0 aliphatic rings. The van der Waals surface area contributed by atoms with E-state index in [9.17, 15) is 29.4 Å². The Kier molecular flexibility index (Phi) is 15.7. The summed E-state index contributed by atoms with van der Waals surface area (Å²) in [5, 5.41) is 19.1. The second-order valence-corrected chi connectivity index (χ2v) is 1.32. The molecule has 0 N–H and O–H groups in total. The van der Waals surface area contributed by atoms with Gasteiger partial charge < -0.3 is 19.8 Å². The fourth-order valence-electron chi connectivity index (χ4n) is 0.144. The summed E-state index contributed by atoms with van der Waals surface area (Å²) < 4.78 is 0. The van der Waals surface area contributed by atoms with Crippen molar-refractivity contribution in [1.82, 2.24) is 0 Å². The van der Waals surface area contributed by atoms with Gasteiger partial charge in [0.25, 0.3) is 0 Å². The average Bonchev–Trinajstić information content (AvgIpc) is 1.98. The van der Waals surface area contributed by atoms with Gasteiger partial charge in [0.05, 0.1) is 0 Å². The van der Waals surface area contributed by atoms with Crippen molar-refractivity contribution in [2.45, 2.75) is 0 Å². The third kappa shape index (κ3) is 9.70. The molecule has 14 heavy (non-hydrogen) atoms. The summed E-state index contributed by atoms with van der Waals surface area (Å²) in [6.45, 7) is 0. The second-order valence-electron chi connectivity index (χ2n) is 1.32. The molecule has 0 aromatic rings. The molecule has 0 fully saturated rings. The number of rotatable bonds is 0. The summed E-state index contributed by atoms with van der Waals surface area (Å²) in [6, 6.07) is 0. The van der Waals surface area contributed by atoms with Crippen LogP contribution < -0.4 is 113 Å². The van der Waals surface area contributed by atoms with Gasteiger partial charge in [0, 0.05) is 0 Å². The summed E-state index contributed by atoms with van der Waals surface area (Å²) in [5.41, 5.74) is 0. The fourth-order valence-corrected chi connectivity index (χ4v) is 0.144. The SMILES string of the molecule is O=C([O-])C(=O)OOC(=O)C(=O)[O-].[K+].[K+]. The van der Waals surface area contributed by atoms with Crippen LogP contribution in [0.5, 0.6) is 0 Å². The van der Waals surface area contributed by atoms with Gasteiger partial charge in [-0.3, -0.25) is 0 Å². The fraction of sp³-hybridized carbons (Fsp3) is 0. The maximum atomic E-state index is 9.90. The van der Waals surface area contributed by atoms with Crippen LogP contribution in [0.4, 0.5) is 0 Å². The van der Waals surface area contributed by atoms with Crippen molar-refractivity contribution in [3.8, 4) is 0 Å². The third-order valence-electron chi connectivity index (χ3n) is 0.526. The summed E-state index contributed by atoms with van der Waals surface area (Å²) in [7, 11) is 0. The molecule has 0 atom stereocenters. The van der Waals surface area contributed by atoms with Crippen LogP contribution in [0.15, 0.2) is 0 Å². The Balaban J connectivity index is -0.000000605. The van der Waals surface area contributed by atoms with Crippen molar-refractivity contribution in [2.75, 3.05) is 0 Å². The molecule has 0 saturated carbocycles. The van der Waals surface area contributed by atoms with E-state index < -0.39 is 23.9 Å². The van der Waals surface area contributed by atoms with Gasteiger partial charge in [0.1, 0.15) is 0 Å². The van der Waals surface area contributed by atoms with Crippen LogP contribution in [0.1, 0.15) is 0 Å². The Hall–Kier alpha value is 1.15. The largest absolute Gasteiger partial charge is 1.00 e. The van der Waals surface area contributed by atoms with Crippen molar-refractivity contribution in [1.29, 1.82) is 0 Å². The van der Waals surface area contributed by atoms with Gasteiger partial charge in [-0.2, -0.15) is 0 Å². The van der Waals surface area contributed by atoms with Gasteiger partial charge in [-0.05, 0) is 0 Å². The second kappa shape index (κ2) is 10.7. The first-order chi connectivity index (χ1) is 5.45. The standard InChI is InChI=1S/C4H2O8.2K/c5-1(6)3(9)11-12-4(10)2(7)8;;/h(H,5,6)(H,7,8);;/q;2*+1/p-2. The van der Waals surface area contributed by atoms with Crippen LogP contribution >= 0.6 is 0 Å². The molecule has 0 heterocycles. The van der Waals surface area contributed by atoms with Crippen LogP contribution in [0.3, 0.4) is 0 Å². The van der Waals surface area contributed by atoms with E-state index in [0.717, 1.165) is 0 Å². The van der Waals surface area contributed by atoms with Gasteiger partial charge in [-0.15, -0.1) is 0 Å². The van der Waals surface area contributed by atoms with E-state index in [4.69, 9.17) is 0 Å². The molecule has 0 amide bonds. The van der Waals surface area contributed by atoms with E-state index in [1.54, 1.807) is 0 Å².